The van der Waals surface area contributed by atoms with Crippen molar-refractivity contribution in [2.75, 3.05) is 0 Å². The van der Waals surface area contributed by atoms with Crippen molar-refractivity contribution in [3.05, 3.63) is 29.8 Å². The van der Waals surface area contributed by atoms with Gasteiger partial charge >= 0.3 is 18.1 Å². The molecular weight excluding hydrogens is 357 g/mol. The lowest BCUT2D eigenvalue weighted by molar-refractivity contribution is -0.174. The predicted octanol–water partition coefficient (Wildman–Crippen LogP) is 1.35. The van der Waals surface area contributed by atoms with E-state index in [9.17, 15) is 37.8 Å². The van der Waals surface area contributed by atoms with E-state index in [2.05, 4.69) is 5.32 Å². The highest BCUT2D eigenvalue weighted by atomic mass is 19.4. The zero-order chi connectivity index (χ0) is 19.9. The first-order valence-electron chi connectivity index (χ1n) is 7.73. The molecule has 144 valence electrons. The fraction of sp³-hybridized carbons (Fsp3) is 0.438. The van der Waals surface area contributed by atoms with Gasteiger partial charge in [-0.2, -0.15) is 13.2 Å². The predicted molar refractivity (Wildman–Crippen MR) is 84.3 cm³/mol. The van der Waals surface area contributed by atoms with Gasteiger partial charge in [0, 0.05) is 6.42 Å². The lowest BCUT2D eigenvalue weighted by Crippen LogP contribution is -2.54. The van der Waals surface area contributed by atoms with Gasteiger partial charge in [0.1, 0.15) is 17.8 Å². The molecule has 2 amide bonds. The summed E-state index contributed by atoms with van der Waals surface area (Å²) < 4.78 is 37.1. The van der Waals surface area contributed by atoms with E-state index in [0.717, 1.165) is 0 Å². The first-order chi connectivity index (χ1) is 12.0. The quantitative estimate of drug-likeness (QED) is 0.547. The molecule has 2 atom stereocenters. The second-order valence-electron chi connectivity index (χ2n) is 5.58. The van der Waals surface area contributed by atoms with E-state index in [1.807, 2.05) is 0 Å². The first kappa shape index (κ1) is 21.3. The van der Waals surface area contributed by atoms with Crippen LogP contribution >= 0.6 is 0 Å². The number of aromatic hydroxyl groups is 1. The third kappa shape index (κ3) is 6.61. The van der Waals surface area contributed by atoms with E-state index < -0.39 is 36.0 Å². The maximum absolute atomic E-state index is 12.4. The Morgan fingerprint density at radius 1 is 1.08 bits per heavy atom. The Balaban J connectivity index is 2.83. The summed E-state index contributed by atoms with van der Waals surface area (Å²) in [6.45, 7) is 1.60. The summed E-state index contributed by atoms with van der Waals surface area (Å²) in [5, 5.41) is 22.1. The Labute approximate surface area is 147 Å². The van der Waals surface area contributed by atoms with Crippen LogP contribution in [0.3, 0.4) is 0 Å². The van der Waals surface area contributed by atoms with Crippen LogP contribution in [-0.2, 0) is 20.8 Å². The number of aliphatic carboxylic acids is 1. The van der Waals surface area contributed by atoms with Gasteiger partial charge in [-0.1, -0.05) is 25.5 Å². The molecule has 4 N–H and O–H groups in total. The average molecular weight is 376 g/mol. The molecule has 0 aliphatic rings. The average Bonchev–Trinajstić information content (AvgIpc) is 2.54. The Bertz CT molecular complexity index is 646. The summed E-state index contributed by atoms with van der Waals surface area (Å²) in [7, 11) is 0. The smallest absolute Gasteiger partial charge is 0.471 e. The molecule has 0 aliphatic carbocycles. The Morgan fingerprint density at radius 2 is 1.65 bits per heavy atom. The largest absolute Gasteiger partial charge is 0.508 e. The Kier molecular flexibility index (Phi) is 7.41. The highest BCUT2D eigenvalue weighted by Crippen LogP contribution is 2.15. The van der Waals surface area contributed by atoms with E-state index in [1.165, 1.54) is 24.3 Å². The third-order valence-electron chi connectivity index (χ3n) is 3.45. The van der Waals surface area contributed by atoms with Gasteiger partial charge in [0.25, 0.3) is 0 Å². The number of amides is 2. The van der Waals surface area contributed by atoms with Gasteiger partial charge in [-0.05, 0) is 24.1 Å². The molecule has 0 radical (unpaired) electrons. The van der Waals surface area contributed by atoms with Crippen molar-refractivity contribution in [3.63, 3.8) is 0 Å². The first-order valence-corrected chi connectivity index (χ1v) is 7.73. The van der Waals surface area contributed by atoms with Crippen LogP contribution in [0.5, 0.6) is 5.75 Å². The van der Waals surface area contributed by atoms with Crippen LogP contribution in [0.4, 0.5) is 13.2 Å². The minimum Gasteiger partial charge on any atom is -0.508 e. The van der Waals surface area contributed by atoms with Crippen LogP contribution < -0.4 is 10.6 Å². The van der Waals surface area contributed by atoms with Crippen LogP contribution in [0.1, 0.15) is 25.3 Å². The van der Waals surface area contributed by atoms with E-state index in [1.54, 1.807) is 12.2 Å². The molecule has 10 heteroatoms. The topological polar surface area (TPSA) is 116 Å². The van der Waals surface area contributed by atoms with Crippen LogP contribution in [0.2, 0.25) is 0 Å². The molecule has 0 spiro atoms. The molecule has 1 aromatic carbocycles. The molecule has 0 bridgehead atoms. The van der Waals surface area contributed by atoms with Gasteiger partial charge < -0.3 is 20.8 Å². The van der Waals surface area contributed by atoms with Gasteiger partial charge in [0.2, 0.25) is 5.91 Å². The van der Waals surface area contributed by atoms with E-state index in [0.29, 0.717) is 12.0 Å². The van der Waals surface area contributed by atoms with E-state index >= 15 is 0 Å². The van der Waals surface area contributed by atoms with Gasteiger partial charge in [-0.3, -0.25) is 9.59 Å². The van der Waals surface area contributed by atoms with Gasteiger partial charge in [0.05, 0.1) is 0 Å². The SMILES string of the molecule is CCC[C@H](NC(=O)C(F)(F)F)C(=O)N[C@@H](Cc1ccc(O)cc1)C(=O)O. The van der Waals surface area contributed by atoms with Gasteiger partial charge in [0.15, 0.2) is 0 Å². The number of benzene rings is 1. The van der Waals surface area contributed by atoms with E-state index in [-0.39, 0.29) is 18.6 Å². The van der Waals surface area contributed by atoms with Crippen LogP contribution in [0.25, 0.3) is 0 Å². The van der Waals surface area contributed by atoms with Crippen LogP contribution in [0.15, 0.2) is 24.3 Å². The molecule has 0 unspecified atom stereocenters. The number of phenols is 1. The second kappa shape index (κ2) is 9.07. The maximum Gasteiger partial charge on any atom is 0.471 e. The number of carbonyl (C=O) groups is 3. The number of carboxylic acid groups (broad SMARTS) is 1. The number of phenolic OH excluding ortho intramolecular Hbond substituents is 1. The van der Waals surface area contributed by atoms with Crippen molar-refractivity contribution in [2.45, 2.75) is 44.4 Å². The molecule has 0 heterocycles. The highest BCUT2D eigenvalue weighted by Gasteiger charge is 2.41. The third-order valence-corrected chi connectivity index (χ3v) is 3.45. The zero-order valence-electron chi connectivity index (χ0n) is 13.8. The monoisotopic (exact) mass is 376 g/mol. The van der Waals surface area contributed by atoms with Crippen LogP contribution in [0, 0.1) is 0 Å². The summed E-state index contributed by atoms with van der Waals surface area (Å²) in [5.74, 6) is -4.70. The number of hydrogen-bond acceptors (Lipinski definition) is 4. The number of halogens is 3. The van der Waals surface area contributed by atoms with Gasteiger partial charge in [-0.25, -0.2) is 4.79 Å². The lowest BCUT2D eigenvalue weighted by Gasteiger charge is -2.21. The van der Waals surface area contributed by atoms with E-state index in [4.69, 9.17) is 0 Å². The summed E-state index contributed by atoms with van der Waals surface area (Å²) in [5.41, 5.74) is 0.488. The molecule has 7 nitrogen and oxygen atoms in total. The van der Waals surface area contributed by atoms with Crippen molar-refractivity contribution in [1.29, 1.82) is 0 Å². The molecule has 0 aliphatic heterocycles. The summed E-state index contributed by atoms with van der Waals surface area (Å²) in [6.07, 6.45) is -5.08. The van der Waals surface area contributed by atoms with Crippen molar-refractivity contribution in [1.82, 2.24) is 10.6 Å². The number of rotatable bonds is 8. The molecular formula is C16H19F3N2O5. The van der Waals surface area contributed by atoms with Crippen molar-refractivity contribution in [2.24, 2.45) is 0 Å². The van der Waals surface area contributed by atoms with Crippen molar-refractivity contribution >= 4 is 17.8 Å². The summed E-state index contributed by atoms with van der Waals surface area (Å²) in [4.78, 5) is 34.5. The van der Waals surface area contributed by atoms with Crippen molar-refractivity contribution in [3.8, 4) is 5.75 Å². The van der Waals surface area contributed by atoms with Crippen LogP contribution in [-0.4, -0.2) is 46.3 Å². The number of alkyl halides is 3. The number of nitrogens with one attached hydrogen (secondary N) is 2. The fourth-order valence-electron chi connectivity index (χ4n) is 2.14. The number of hydrogen-bond donors (Lipinski definition) is 4. The number of carboxylic acids is 1. The normalized spacial score (nSPS) is 13.5. The minimum atomic E-state index is -5.15. The summed E-state index contributed by atoms with van der Waals surface area (Å²) in [6, 6.07) is 2.66. The van der Waals surface area contributed by atoms with Crippen molar-refractivity contribution < 1.29 is 37.8 Å². The summed E-state index contributed by atoms with van der Waals surface area (Å²) >= 11 is 0. The minimum absolute atomic E-state index is 0.0254. The molecule has 0 saturated heterocycles. The zero-order valence-corrected chi connectivity index (χ0v) is 13.8. The Morgan fingerprint density at radius 3 is 2.12 bits per heavy atom. The molecule has 0 saturated carbocycles. The lowest BCUT2D eigenvalue weighted by atomic mass is 10.0. The standard InChI is InChI=1S/C16H19F3N2O5/c1-2-3-11(21-15(26)16(17,18)19)13(23)20-12(14(24)25)8-9-4-6-10(22)7-5-9/h4-7,11-12,22H,2-3,8H2,1H3,(H,20,23)(H,21,26)(H,24,25)/t11-,12-/m0/s1. The molecule has 1 rings (SSSR count). The number of carbonyl (C=O) groups excluding carboxylic acids is 2. The molecule has 0 aromatic heterocycles. The maximum atomic E-state index is 12.4. The molecule has 1 aromatic rings. The Hall–Kier alpha value is -2.78. The molecule has 26 heavy (non-hydrogen) atoms. The van der Waals surface area contributed by atoms with Gasteiger partial charge in [-0.15, -0.1) is 0 Å². The fourth-order valence-corrected chi connectivity index (χ4v) is 2.14. The highest BCUT2D eigenvalue weighted by molar-refractivity contribution is 5.91. The molecule has 0 fully saturated rings. The second-order valence-corrected chi connectivity index (χ2v) is 5.58.